The van der Waals surface area contributed by atoms with Gasteiger partial charge in [0.1, 0.15) is 6.04 Å². The lowest BCUT2D eigenvalue weighted by Crippen LogP contribution is -2.38. The molecule has 0 aliphatic heterocycles. The highest BCUT2D eigenvalue weighted by Gasteiger charge is 2.19. The Morgan fingerprint density at radius 3 is 3.05 bits per heavy atom. The highest BCUT2D eigenvalue weighted by atomic mass is 16.4. The van der Waals surface area contributed by atoms with Gasteiger partial charge in [0, 0.05) is 30.1 Å². The van der Waals surface area contributed by atoms with Crippen molar-refractivity contribution in [3.63, 3.8) is 0 Å². The van der Waals surface area contributed by atoms with E-state index in [0.29, 0.717) is 13.0 Å². The van der Waals surface area contributed by atoms with Crippen LogP contribution in [0, 0.1) is 6.92 Å². The largest absolute Gasteiger partial charge is 0.480 e. The standard InChI is InChI=1S/C15H18N2O2/c1-3-7-16-13(15(18)19)8-11-9-17-12-6-4-5-10(2)14(11)12/h3-6,9,13,16-17H,1,7-8H2,2H3,(H,18,19)/t13-/m0/s1. The molecule has 0 unspecified atom stereocenters. The molecule has 1 aromatic carbocycles. The molecular weight excluding hydrogens is 240 g/mol. The molecule has 2 rings (SSSR count). The van der Waals surface area contributed by atoms with Crippen LogP contribution in [0.3, 0.4) is 0 Å². The molecule has 4 nitrogen and oxygen atoms in total. The Hall–Kier alpha value is -2.07. The summed E-state index contributed by atoms with van der Waals surface area (Å²) in [4.78, 5) is 14.4. The van der Waals surface area contributed by atoms with Crippen LogP contribution in [0.15, 0.2) is 37.1 Å². The minimum Gasteiger partial charge on any atom is -0.480 e. The Balaban J connectivity index is 2.28. The lowest BCUT2D eigenvalue weighted by molar-refractivity contribution is -0.139. The SMILES string of the molecule is C=CCN[C@@H](Cc1c[nH]c2cccc(C)c12)C(=O)O. The summed E-state index contributed by atoms with van der Waals surface area (Å²) in [6.45, 7) is 6.11. The smallest absolute Gasteiger partial charge is 0.321 e. The lowest BCUT2D eigenvalue weighted by atomic mass is 10.0. The van der Waals surface area contributed by atoms with Gasteiger partial charge in [-0.15, -0.1) is 6.58 Å². The number of nitrogens with one attached hydrogen (secondary N) is 2. The predicted molar refractivity (Wildman–Crippen MR) is 76.4 cm³/mol. The number of aromatic amines is 1. The van der Waals surface area contributed by atoms with Crippen molar-refractivity contribution in [3.8, 4) is 0 Å². The van der Waals surface area contributed by atoms with E-state index in [1.807, 2.05) is 31.3 Å². The van der Waals surface area contributed by atoms with Gasteiger partial charge in [-0.25, -0.2) is 0 Å². The molecule has 0 fully saturated rings. The molecule has 19 heavy (non-hydrogen) atoms. The second-order valence-electron chi connectivity index (χ2n) is 4.60. The van der Waals surface area contributed by atoms with E-state index in [0.717, 1.165) is 22.0 Å². The first-order chi connectivity index (χ1) is 9.13. The van der Waals surface area contributed by atoms with E-state index in [1.54, 1.807) is 6.08 Å². The quantitative estimate of drug-likeness (QED) is 0.696. The fourth-order valence-corrected chi connectivity index (χ4v) is 2.30. The molecule has 100 valence electrons. The third kappa shape index (κ3) is 2.85. The molecule has 1 aromatic heterocycles. The van der Waals surface area contributed by atoms with Crippen LogP contribution < -0.4 is 5.32 Å². The number of aromatic nitrogens is 1. The zero-order chi connectivity index (χ0) is 13.8. The lowest BCUT2D eigenvalue weighted by Gasteiger charge is -2.13. The maximum absolute atomic E-state index is 11.2. The molecule has 0 bridgehead atoms. The van der Waals surface area contributed by atoms with E-state index in [4.69, 9.17) is 0 Å². The molecule has 4 heteroatoms. The number of hydrogen-bond donors (Lipinski definition) is 3. The zero-order valence-electron chi connectivity index (χ0n) is 10.9. The fraction of sp³-hybridized carbons (Fsp3) is 0.267. The topological polar surface area (TPSA) is 65.1 Å². The number of rotatable bonds is 6. The van der Waals surface area contributed by atoms with Gasteiger partial charge < -0.3 is 15.4 Å². The maximum atomic E-state index is 11.2. The Labute approximate surface area is 112 Å². The minimum atomic E-state index is -0.843. The van der Waals surface area contributed by atoms with E-state index < -0.39 is 12.0 Å². The molecule has 1 heterocycles. The van der Waals surface area contributed by atoms with Gasteiger partial charge in [0.25, 0.3) is 0 Å². The van der Waals surface area contributed by atoms with Gasteiger partial charge in [0.15, 0.2) is 0 Å². The molecule has 1 atom stereocenters. The Bertz CT molecular complexity index is 601. The van der Waals surface area contributed by atoms with Gasteiger partial charge in [-0.2, -0.15) is 0 Å². The van der Waals surface area contributed by atoms with Crippen LogP contribution in [0.5, 0.6) is 0 Å². The number of aliphatic carboxylic acids is 1. The van der Waals surface area contributed by atoms with Crippen molar-refractivity contribution in [2.75, 3.05) is 6.54 Å². The van der Waals surface area contributed by atoms with Crippen LogP contribution in [0.2, 0.25) is 0 Å². The molecule has 0 saturated carbocycles. The van der Waals surface area contributed by atoms with Crippen LogP contribution in [-0.2, 0) is 11.2 Å². The van der Waals surface area contributed by atoms with Crippen LogP contribution in [0.4, 0.5) is 0 Å². The van der Waals surface area contributed by atoms with Crippen molar-refractivity contribution >= 4 is 16.9 Å². The van der Waals surface area contributed by atoms with E-state index in [1.165, 1.54) is 0 Å². The number of H-pyrrole nitrogens is 1. The first-order valence-electron chi connectivity index (χ1n) is 6.26. The van der Waals surface area contributed by atoms with Gasteiger partial charge in [0.05, 0.1) is 0 Å². The molecule has 3 N–H and O–H groups in total. The Morgan fingerprint density at radius 1 is 1.58 bits per heavy atom. The highest BCUT2D eigenvalue weighted by Crippen LogP contribution is 2.23. The summed E-state index contributed by atoms with van der Waals surface area (Å²) in [5.74, 6) is -0.843. The van der Waals surface area contributed by atoms with E-state index in [9.17, 15) is 9.90 Å². The van der Waals surface area contributed by atoms with Crippen LogP contribution in [0.25, 0.3) is 10.9 Å². The molecule has 0 aliphatic rings. The average molecular weight is 258 g/mol. The monoisotopic (exact) mass is 258 g/mol. The summed E-state index contributed by atoms with van der Waals surface area (Å²) >= 11 is 0. The normalized spacial score (nSPS) is 12.5. The molecule has 0 radical (unpaired) electrons. The highest BCUT2D eigenvalue weighted by molar-refractivity contribution is 5.87. The van der Waals surface area contributed by atoms with Crippen LogP contribution >= 0.6 is 0 Å². The third-order valence-corrected chi connectivity index (χ3v) is 3.23. The number of carbonyl (C=O) groups is 1. The molecule has 0 saturated heterocycles. The van der Waals surface area contributed by atoms with Gasteiger partial charge in [0.2, 0.25) is 0 Å². The fourth-order valence-electron chi connectivity index (χ4n) is 2.30. The van der Waals surface area contributed by atoms with Crippen molar-refractivity contribution < 1.29 is 9.90 Å². The number of carboxylic acid groups (broad SMARTS) is 1. The van der Waals surface area contributed by atoms with Crippen molar-refractivity contribution in [3.05, 3.63) is 48.2 Å². The number of carboxylic acids is 1. The molecule has 0 aliphatic carbocycles. The Morgan fingerprint density at radius 2 is 2.37 bits per heavy atom. The second kappa shape index (κ2) is 5.71. The summed E-state index contributed by atoms with van der Waals surface area (Å²) in [5.41, 5.74) is 3.22. The first-order valence-corrected chi connectivity index (χ1v) is 6.26. The molecule has 0 amide bonds. The average Bonchev–Trinajstić information content (AvgIpc) is 2.78. The molecule has 2 aromatic rings. The zero-order valence-corrected chi connectivity index (χ0v) is 10.9. The number of aryl methyl sites for hydroxylation is 1. The van der Waals surface area contributed by atoms with Crippen LogP contribution in [-0.4, -0.2) is 28.6 Å². The molecule has 0 spiro atoms. The Kier molecular flexibility index (Phi) is 4.02. The number of fused-ring (bicyclic) bond motifs is 1. The van der Waals surface area contributed by atoms with E-state index in [2.05, 4.69) is 16.9 Å². The van der Waals surface area contributed by atoms with Gasteiger partial charge in [-0.05, 0) is 24.1 Å². The van der Waals surface area contributed by atoms with Gasteiger partial charge >= 0.3 is 5.97 Å². The van der Waals surface area contributed by atoms with E-state index in [-0.39, 0.29) is 0 Å². The summed E-state index contributed by atoms with van der Waals surface area (Å²) < 4.78 is 0. The van der Waals surface area contributed by atoms with Crippen molar-refractivity contribution in [1.29, 1.82) is 0 Å². The summed E-state index contributed by atoms with van der Waals surface area (Å²) in [7, 11) is 0. The maximum Gasteiger partial charge on any atom is 0.321 e. The number of hydrogen-bond acceptors (Lipinski definition) is 2. The molecular formula is C15H18N2O2. The third-order valence-electron chi connectivity index (χ3n) is 3.23. The van der Waals surface area contributed by atoms with Crippen molar-refractivity contribution in [2.24, 2.45) is 0 Å². The summed E-state index contributed by atoms with van der Waals surface area (Å²) in [5, 5.41) is 13.3. The van der Waals surface area contributed by atoms with Crippen LogP contribution in [0.1, 0.15) is 11.1 Å². The summed E-state index contributed by atoms with van der Waals surface area (Å²) in [6.07, 6.45) is 4.01. The van der Waals surface area contributed by atoms with Gasteiger partial charge in [-0.3, -0.25) is 4.79 Å². The van der Waals surface area contributed by atoms with Crippen molar-refractivity contribution in [2.45, 2.75) is 19.4 Å². The first kappa shape index (κ1) is 13.4. The number of benzene rings is 1. The van der Waals surface area contributed by atoms with Gasteiger partial charge in [-0.1, -0.05) is 18.2 Å². The predicted octanol–water partition coefficient (Wildman–Crippen LogP) is 2.25. The second-order valence-corrected chi connectivity index (χ2v) is 4.60. The van der Waals surface area contributed by atoms with Crippen molar-refractivity contribution in [1.82, 2.24) is 10.3 Å². The summed E-state index contributed by atoms with van der Waals surface area (Å²) in [6, 6.07) is 5.42. The van der Waals surface area contributed by atoms with E-state index >= 15 is 0 Å². The minimum absolute atomic E-state index is 0.452.